The second-order valence-electron chi connectivity index (χ2n) is 19.1. The summed E-state index contributed by atoms with van der Waals surface area (Å²) in [5.41, 5.74) is 0.915. The van der Waals surface area contributed by atoms with Gasteiger partial charge in [-0.3, -0.25) is 0 Å². The number of phenolic OH excluding ortho intramolecular Hbond substituents is 1. The van der Waals surface area contributed by atoms with E-state index < -0.39 is 99.5 Å². The predicted octanol–water partition coefficient (Wildman–Crippen LogP) is 15.2. The maximum absolute atomic E-state index is 14.0. The number of carbonyl (C=O) groups excluding carboxylic acids is 3. The van der Waals surface area contributed by atoms with Crippen LogP contribution in [0.25, 0.3) is 44.5 Å². The molecule has 0 aliphatic heterocycles. The van der Waals surface area contributed by atoms with Gasteiger partial charge in [0.1, 0.15) is 71.5 Å². The fourth-order valence-corrected chi connectivity index (χ4v) is 8.59. The Kier molecular flexibility index (Phi) is 23.6. The predicted molar refractivity (Wildman–Crippen MR) is 307 cm³/mol. The Balaban J connectivity index is 0.000000216. The van der Waals surface area contributed by atoms with Crippen molar-refractivity contribution in [3.63, 3.8) is 0 Å². The van der Waals surface area contributed by atoms with Gasteiger partial charge < -0.3 is 28.2 Å². The minimum atomic E-state index is -6.04. The zero-order valence-corrected chi connectivity index (χ0v) is 49.1. The standard InChI is InChI=1S/C19H18F2O2Si.C16H12F2O.C15H9F5O5S.C14H10F2O3/c1-23-19(22)17-11-14(16-8-7-15(20)12-18(16)21)6-5-13(17)9-10-24(2,3)4;1-3-11-4-5-12(8-13(11)10-19-2)15-7-6-14(17)9-16(15)18;1-24-14(21)11-6-8(10-4-3-9(16)7-12(10)17)2-5-13(11)25-26(22,23)15(18,19)20;1-19-14(18)11-6-8(2-5-13(11)17)10-4-3-9(15)7-12(10)16/h5-8,11-12H,1-4H3;1,4-9H,10H2,2H3;2-7H,1H3;2-7,17H,1H3. The van der Waals surface area contributed by atoms with Gasteiger partial charge in [-0.15, -0.1) is 12.0 Å². The summed E-state index contributed by atoms with van der Waals surface area (Å²) >= 11 is 0. The molecule has 0 unspecified atom stereocenters. The molecule has 0 spiro atoms. The van der Waals surface area contributed by atoms with Crippen LogP contribution in [0.15, 0.2) is 146 Å². The van der Waals surface area contributed by atoms with Gasteiger partial charge >= 0.3 is 33.5 Å². The second-order valence-corrected chi connectivity index (χ2v) is 25.4. The van der Waals surface area contributed by atoms with E-state index >= 15 is 0 Å². The molecular weight excluding hydrogens is 1210 g/mol. The highest BCUT2D eigenvalue weighted by Crippen LogP contribution is 2.35. The summed E-state index contributed by atoms with van der Waals surface area (Å²) in [6.45, 7) is 6.64. The quantitative estimate of drug-likeness (QED) is 0.0251. The van der Waals surface area contributed by atoms with E-state index in [-0.39, 0.29) is 39.1 Å². The maximum Gasteiger partial charge on any atom is 0.534 e. The van der Waals surface area contributed by atoms with Crippen LogP contribution in [-0.2, 0) is 35.7 Å². The van der Waals surface area contributed by atoms with Crippen molar-refractivity contribution in [1.82, 2.24) is 0 Å². The molecule has 0 fully saturated rings. The molecule has 0 saturated carbocycles. The molecule has 8 aromatic rings. The Morgan fingerprint density at radius 3 is 1.25 bits per heavy atom. The van der Waals surface area contributed by atoms with Crippen molar-refractivity contribution in [1.29, 1.82) is 0 Å². The van der Waals surface area contributed by atoms with Crippen molar-refractivity contribution < 1.29 is 99.3 Å². The van der Waals surface area contributed by atoms with E-state index in [9.17, 15) is 76.2 Å². The molecular formula is C64H49F11O11SSi. The molecule has 0 amide bonds. The minimum Gasteiger partial charge on any atom is -0.507 e. The Labute approximate surface area is 499 Å². The summed E-state index contributed by atoms with van der Waals surface area (Å²) in [4.78, 5) is 35.2. The van der Waals surface area contributed by atoms with Gasteiger partial charge in [0.25, 0.3) is 0 Å². The maximum atomic E-state index is 14.0. The molecule has 0 aliphatic rings. The van der Waals surface area contributed by atoms with Gasteiger partial charge in [-0.1, -0.05) is 55.7 Å². The number of hydrogen-bond acceptors (Lipinski definition) is 11. The molecule has 0 aliphatic carbocycles. The van der Waals surface area contributed by atoms with Crippen LogP contribution in [-0.4, -0.2) is 73.5 Å². The number of methoxy groups -OCH3 is 4. The van der Waals surface area contributed by atoms with Crippen molar-refractivity contribution in [2.75, 3.05) is 28.4 Å². The third-order valence-electron chi connectivity index (χ3n) is 11.8. The molecule has 0 aromatic heterocycles. The van der Waals surface area contributed by atoms with E-state index in [0.717, 1.165) is 67.3 Å². The number of hydrogen-bond donors (Lipinski definition) is 1. The highest BCUT2D eigenvalue weighted by molar-refractivity contribution is 7.88. The van der Waals surface area contributed by atoms with Gasteiger partial charge in [0, 0.05) is 64.8 Å². The van der Waals surface area contributed by atoms with E-state index in [1.807, 2.05) is 0 Å². The van der Waals surface area contributed by atoms with Gasteiger partial charge in [-0.05, 0) is 125 Å². The highest BCUT2D eigenvalue weighted by atomic mass is 32.2. The number of esters is 3. The van der Waals surface area contributed by atoms with Gasteiger partial charge in [0.15, 0.2) is 5.75 Å². The molecule has 458 valence electrons. The number of halogens is 11. The van der Waals surface area contributed by atoms with Gasteiger partial charge in [0.2, 0.25) is 0 Å². The molecule has 24 heteroatoms. The van der Waals surface area contributed by atoms with Crippen LogP contribution >= 0.6 is 0 Å². The molecule has 0 bridgehead atoms. The first kappa shape index (κ1) is 69.0. The number of phenols is 1. The molecule has 0 heterocycles. The molecule has 8 aromatic carbocycles. The lowest BCUT2D eigenvalue weighted by molar-refractivity contribution is -0.0500. The number of alkyl halides is 3. The number of terminal acetylenes is 1. The summed E-state index contributed by atoms with van der Waals surface area (Å²) in [6.07, 6.45) is 5.39. The van der Waals surface area contributed by atoms with Crippen molar-refractivity contribution in [3.05, 3.63) is 226 Å². The average molecular weight is 1260 g/mol. The van der Waals surface area contributed by atoms with Gasteiger partial charge in [-0.2, -0.15) is 21.6 Å². The summed E-state index contributed by atoms with van der Waals surface area (Å²) in [5, 5.41) is 9.54. The lowest BCUT2D eigenvalue weighted by atomic mass is 9.99. The SMILES string of the molecule is C#Cc1ccc(-c2ccc(F)cc2F)cc1COC.COC(=O)c1cc(-c2ccc(F)cc2F)ccc1C#C[Si](C)(C)C.COC(=O)c1cc(-c2ccc(F)cc2F)ccc1O.COC(=O)c1cc(-c2ccc(F)cc2F)ccc1OS(=O)(=O)C(F)(F)F. The smallest absolute Gasteiger partial charge is 0.507 e. The normalized spacial score (nSPS) is 10.9. The van der Waals surface area contributed by atoms with Crippen molar-refractivity contribution in [3.8, 4) is 79.8 Å². The third kappa shape index (κ3) is 18.4. The lowest BCUT2D eigenvalue weighted by Gasteiger charge is -2.13. The van der Waals surface area contributed by atoms with Crippen molar-refractivity contribution in [2.45, 2.75) is 31.8 Å². The first-order valence-corrected chi connectivity index (χ1v) is 30.1. The summed E-state index contributed by atoms with van der Waals surface area (Å²) in [7, 11) is -2.74. The van der Waals surface area contributed by atoms with Crippen molar-refractivity contribution >= 4 is 36.1 Å². The zero-order chi connectivity index (χ0) is 65.4. The van der Waals surface area contributed by atoms with E-state index in [0.29, 0.717) is 46.1 Å². The van der Waals surface area contributed by atoms with E-state index in [4.69, 9.17) is 15.9 Å². The fourth-order valence-electron chi connectivity index (χ4n) is 7.61. The van der Waals surface area contributed by atoms with Crippen LogP contribution in [0.1, 0.15) is 47.8 Å². The molecule has 11 nitrogen and oxygen atoms in total. The van der Waals surface area contributed by atoms with Crippen molar-refractivity contribution in [2.24, 2.45) is 0 Å². The van der Waals surface area contributed by atoms with Crippen LogP contribution < -0.4 is 4.18 Å². The Morgan fingerprint density at radius 1 is 0.500 bits per heavy atom. The number of rotatable bonds is 11. The first-order chi connectivity index (χ1) is 41.3. The highest BCUT2D eigenvalue weighted by Gasteiger charge is 2.49. The van der Waals surface area contributed by atoms with E-state index in [1.54, 1.807) is 37.4 Å². The number of benzene rings is 8. The Hall–Kier alpha value is -9.75. The summed E-state index contributed by atoms with van der Waals surface area (Å²) in [6, 6.07) is 29.1. The summed E-state index contributed by atoms with van der Waals surface area (Å²) < 4.78 is 189. The van der Waals surface area contributed by atoms with Gasteiger partial charge in [-0.25, -0.2) is 49.5 Å². The fraction of sp³-hybridized carbons (Fsp3) is 0.141. The number of aromatic hydroxyl groups is 1. The molecule has 88 heavy (non-hydrogen) atoms. The zero-order valence-electron chi connectivity index (χ0n) is 47.2. The largest absolute Gasteiger partial charge is 0.534 e. The minimum absolute atomic E-state index is 0.0420. The monoisotopic (exact) mass is 1260 g/mol. The molecule has 1 N–H and O–H groups in total. The third-order valence-corrected chi connectivity index (χ3v) is 13.6. The van der Waals surface area contributed by atoms with Gasteiger partial charge in [0.05, 0.1) is 33.5 Å². The Morgan fingerprint density at radius 2 is 0.864 bits per heavy atom. The Bertz CT molecular complexity index is 4130. The molecule has 0 atom stereocenters. The van der Waals surface area contributed by atoms with Crippen LogP contribution in [0.3, 0.4) is 0 Å². The second kappa shape index (κ2) is 30.1. The topological polar surface area (TPSA) is 152 Å². The lowest BCUT2D eigenvalue weighted by Crippen LogP contribution is -2.28. The van der Waals surface area contributed by atoms with E-state index in [1.165, 1.54) is 68.8 Å². The van der Waals surface area contributed by atoms with Crippen LogP contribution in [0.4, 0.5) is 48.3 Å². The van der Waals surface area contributed by atoms with Crippen LogP contribution in [0.2, 0.25) is 19.6 Å². The molecule has 0 saturated heterocycles. The number of ether oxygens (including phenoxy) is 4. The number of carbonyl (C=O) groups is 3. The summed E-state index contributed by atoms with van der Waals surface area (Å²) in [5.74, 6) is -3.98. The molecule has 0 radical (unpaired) electrons. The molecule has 8 rings (SSSR count). The first-order valence-electron chi connectivity index (χ1n) is 25.2. The average Bonchev–Trinajstić information content (AvgIpc) is 2.06. The van der Waals surface area contributed by atoms with Crippen LogP contribution in [0.5, 0.6) is 11.5 Å². The van der Waals surface area contributed by atoms with Crippen LogP contribution in [0, 0.1) is 70.3 Å². The van der Waals surface area contributed by atoms with E-state index in [2.05, 4.69) is 50.7 Å².